The lowest BCUT2D eigenvalue weighted by Gasteiger charge is -2.20. The summed E-state index contributed by atoms with van der Waals surface area (Å²) in [6.07, 6.45) is 11.1. The summed E-state index contributed by atoms with van der Waals surface area (Å²) in [5.41, 5.74) is 6.05. The maximum Gasteiger partial charge on any atom is 0.0307 e. The van der Waals surface area contributed by atoms with Gasteiger partial charge >= 0.3 is 0 Å². The molecule has 0 aromatic carbocycles. The Bertz CT molecular complexity index is 213. The van der Waals surface area contributed by atoms with Gasteiger partial charge in [-0.15, -0.1) is 0 Å². The molecular weight excluding hydrogens is 186 g/mol. The molecule has 1 aliphatic heterocycles. The molecule has 0 aliphatic carbocycles. The van der Waals surface area contributed by atoms with Crippen molar-refractivity contribution >= 4 is 0 Å². The van der Waals surface area contributed by atoms with Gasteiger partial charge < -0.3 is 5.73 Å². The molecule has 0 atom stereocenters. The third-order valence-corrected chi connectivity index (χ3v) is 2.11. The van der Waals surface area contributed by atoms with Crippen LogP contribution in [0.5, 0.6) is 0 Å². The van der Waals surface area contributed by atoms with E-state index in [2.05, 4.69) is 6.58 Å². The van der Waals surface area contributed by atoms with Crippen LogP contribution in [0.2, 0.25) is 0 Å². The van der Waals surface area contributed by atoms with Gasteiger partial charge in [0.1, 0.15) is 0 Å². The monoisotopic (exact) mass is 209 g/mol. The maximum absolute atomic E-state index is 5.47. The zero-order valence-electron chi connectivity index (χ0n) is 9.65. The van der Waals surface area contributed by atoms with Crippen LogP contribution in [0.15, 0.2) is 36.6 Å². The Hall–Kier alpha value is -1.06. The first-order valence-electron chi connectivity index (χ1n) is 5.41. The van der Waals surface area contributed by atoms with Crippen molar-refractivity contribution in [3.05, 3.63) is 36.6 Å². The highest BCUT2D eigenvalue weighted by Gasteiger charge is 2.02. The number of rotatable bonds is 2. The van der Waals surface area contributed by atoms with Gasteiger partial charge in [-0.25, -0.2) is 5.01 Å². The van der Waals surface area contributed by atoms with Crippen molar-refractivity contribution in [2.24, 2.45) is 11.6 Å². The Labute approximate surface area is 93.1 Å². The predicted molar refractivity (Wildman–Crippen MR) is 66.9 cm³/mol. The summed E-state index contributed by atoms with van der Waals surface area (Å²) in [7, 11) is 0. The Morgan fingerprint density at radius 3 is 2.20 bits per heavy atom. The van der Waals surface area contributed by atoms with Crippen LogP contribution in [0.25, 0.3) is 0 Å². The van der Waals surface area contributed by atoms with E-state index in [-0.39, 0.29) is 0 Å². The van der Waals surface area contributed by atoms with E-state index in [1.54, 1.807) is 12.2 Å². The molecule has 0 unspecified atom stereocenters. The molecule has 0 aromatic heterocycles. The zero-order chi connectivity index (χ0) is 11.5. The van der Waals surface area contributed by atoms with Crippen molar-refractivity contribution in [3.63, 3.8) is 0 Å². The second-order valence-electron chi connectivity index (χ2n) is 3.49. The molecule has 1 rings (SSSR count). The van der Waals surface area contributed by atoms with Crippen LogP contribution in [0, 0.1) is 0 Å². The highest BCUT2D eigenvalue weighted by Crippen LogP contribution is 2.03. The summed E-state index contributed by atoms with van der Waals surface area (Å²) >= 11 is 0. The number of hydrogen-bond donors (Lipinski definition) is 2. The highest BCUT2D eigenvalue weighted by molar-refractivity contribution is 5.17. The topological polar surface area (TPSA) is 55.3 Å². The predicted octanol–water partition coefficient (Wildman–Crippen LogP) is 1.94. The number of nitrogens with two attached hydrogens (primary N) is 2. The number of hydrogen-bond acceptors (Lipinski definition) is 3. The van der Waals surface area contributed by atoms with Crippen LogP contribution in [-0.2, 0) is 0 Å². The quantitative estimate of drug-likeness (QED) is 0.540. The normalized spacial score (nSPS) is 18.4. The summed E-state index contributed by atoms with van der Waals surface area (Å²) in [6.45, 7) is 7.62. The molecule has 1 fully saturated rings. The van der Waals surface area contributed by atoms with E-state index in [4.69, 9.17) is 11.6 Å². The summed E-state index contributed by atoms with van der Waals surface area (Å²) < 4.78 is 0. The molecule has 0 saturated carbocycles. The van der Waals surface area contributed by atoms with Gasteiger partial charge in [-0.3, -0.25) is 5.84 Å². The van der Waals surface area contributed by atoms with Crippen molar-refractivity contribution < 1.29 is 0 Å². The fraction of sp³-hybridized carbons (Fsp3) is 0.500. The second-order valence-corrected chi connectivity index (χ2v) is 3.49. The molecule has 4 N–H and O–H groups in total. The fourth-order valence-corrected chi connectivity index (χ4v) is 1.19. The molecule has 0 spiro atoms. The van der Waals surface area contributed by atoms with Gasteiger partial charge in [-0.05, 0) is 31.9 Å². The SMILES string of the molecule is C=C/C(N)=C\C=C/C.NN1CCCCC1. The molecule has 0 amide bonds. The van der Waals surface area contributed by atoms with Gasteiger partial charge in [-0.1, -0.05) is 25.2 Å². The third-order valence-electron chi connectivity index (χ3n) is 2.11. The Morgan fingerprint density at radius 1 is 1.27 bits per heavy atom. The van der Waals surface area contributed by atoms with Gasteiger partial charge in [0.2, 0.25) is 0 Å². The first-order chi connectivity index (χ1) is 7.20. The van der Waals surface area contributed by atoms with Crippen molar-refractivity contribution in [3.8, 4) is 0 Å². The molecule has 0 aromatic rings. The standard InChI is InChI=1S/C7H11N.C5H12N2/c1-3-5-6-7(8)4-2;6-7-4-2-1-3-5-7/h3-6H,2,8H2,1H3;1-6H2/b5-3-,7-6+;. The van der Waals surface area contributed by atoms with Crippen LogP contribution in [0.4, 0.5) is 0 Å². The molecule has 3 nitrogen and oxygen atoms in total. The molecule has 1 saturated heterocycles. The minimum atomic E-state index is 0.697. The van der Waals surface area contributed by atoms with E-state index in [9.17, 15) is 0 Å². The van der Waals surface area contributed by atoms with Gasteiger partial charge in [0, 0.05) is 18.8 Å². The molecular formula is C12H23N3. The maximum atomic E-state index is 5.47. The van der Waals surface area contributed by atoms with E-state index in [1.807, 2.05) is 24.1 Å². The molecule has 1 aliphatic rings. The first kappa shape index (κ1) is 13.9. The van der Waals surface area contributed by atoms with E-state index >= 15 is 0 Å². The van der Waals surface area contributed by atoms with Crippen molar-refractivity contribution in [1.82, 2.24) is 5.01 Å². The van der Waals surface area contributed by atoms with Crippen LogP contribution >= 0.6 is 0 Å². The Kier molecular flexibility index (Phi) is 8.82. The van der Waals surface area contributed by atoms with Gasteiger partial charge in [0.05, 0.1) is 0 Å². The minimum absolute atomic E-state index is 0.697. The smallest absolute Gasteiger partial charge is 0.0307 e. The summed E-state index contributed by atoms with van der Waals surface area (Å²) in [4.78, 5) is 0. The molecule has 15 heavy (non-hydrogen) atoms. The highest BCUT2D eigenvalue weighted by atomic mass is 15.4. The largest absolute Gasteiger partial charge is 0.399 e. The first-order valence-corrected chi connectivity index (χ1v) is 5.41. The number of piperidine rings is 1. The fourth-order valence-electron chi connectivity index (χ4n) is 1.19. The van der Waals surface area contributed by atoms with Crippen molar-refractivity contribution in [2.75, 3.05) is 13.1 Å². The molecule has 3 heteroatoms. The lowest BCUT2D eigenvalue weighted by molar-refractivity contribution is 0.235. The van der Waals surface area contributed by atoms with Gasteiger partial charge in [-0.2, -0.15) is 0 Å². The molecule has 1 heterocycles. The molecule has 86 valence electrons. The molecule has 0 radical (unpaired) electrons. The summed E-state index contributed by atoms with van der Waals surface area (Å²) in [5.74, 6) is 5.47. The second kappa shape index (κ2) is 9.49. The third kappa shape index (κ3) is 9.25. The average molecular weight is 209 g/mol. The van der Waals surface area contributed by atoms with E-state index in [0.29, 0.717) is 5.70 Å². The Morgan fingerprint density at radius 2 is 1.87 bits per heavy atom. The van der Waals surface area contributed by atoms with E-state index < -0.39 is 0 Å². The summed E-state index contributed by atoms with van der Waals surface area (Å²) in [5, 5.41) is 1.89. The van der Waals surface area contributed by atoms with Crippen LogP contribution in [-0.4, -0.2) is 18.1 Å². The number of hydrazine groups is 1. The van der Waals surface area contributed by atoms with Crippen LogP contribution in [0.3, 0.4) is 0 Å². The average Bonchev–Trinajstić information content (AvgIpc) is 2.28. The van der Waals surface area contributed by atoms with Gasteiger partial charge in [0.25, 0.3) is 0 Å². The van der Waals surface area contributed by atoms with Crippen molar-refractivity contribution in [1.29, 1.82) is 0 Å². The molecule has 0 bridgehead atoms. The van der Waals surface area contributed by atoms with Crippen LogP contribution < -0.4 is 11.6 Å². The Balaban J connectivity index is 0.000000262. The zero-order valence-corrected chi connectivity index (χ0v) is 9.65. The number of nitrogens with zero attached hydrogens (tertiary/aromatic N) is 1. The van der Waals surface area contributed by atoms with Crippen molar-refractivity contribution in [2.45, 2.75) is 26.2 Å². The van der Waals surface area contributed by atoms with Crippen LogP contribution in [0.1, 0.15) is 26.2 Å². The van der Waals surface area contributed by atoms with E-state index in [1.165, 1.54) is 19.3 Å². The summed E-state index contributed by atoms with van der Waals surface area (Å²) in [6, 6.07) is 0. The lowest BCUT2D eigenvalue weighted by Crippen LogP contribution is -2.35. The minimum Gasteiger partial charge on any atom is -0.399 e. The number of allylic oxidation sites excluding steroid dienone is 4. The lowest BCUT2D eigenvalue weighted by atomic mass is 10.2. The van der Waals surface area contributed by atoms with E-state index in [0.717, 1.165) is 13.1 Å². The van der Waals surface area contributed by atoms with Gasteiger partial charge in [0.15, 0.2) is 0 Å².